The number of hydrogen-bond donors (Lipinski definition) is 0. The molecular weight excluding hydrogens is 421 g/mol. The first-order chi connectivity index (χ1) is 9.11. The molecule has 1 heterocycles. The molecule has 19 heavy (non-hydrogen) atoms. The average Bonchev–Trinajstić information content (AvgIpc) is 2.41. The molecule has 0 aromatic heterocycles. The Labute approximate surface area is 136 Å². The number of methoxy groups -OCH3 is 1. The topological polar surface area (TPSA) is 29.5 Å². The number of hydrogen-bond acceptors (Lipinski definition) is 2. The minimum absolute atomic E-state index is 0.131. The van der Waals surface area contributed by atoms with E-state index in [4.69, 9.17) is 4.74 Å². The summed E-state index contributed by atoms with van der Waals surface area (Å²) < 4.78 is 7.16. The van der Waals surface area contributed by atoms with Crippen LogP contribution in [0.2, 0.25) is 0 Å². The largest absolute Gasteiger partial charge is 0.384 e. The summed E-state index contributed by atoms with van der Waals surface area (Å²) >= 11 is 5.65. The predicted octanol–water partition coefficient (Wildman–Crippen LogP) is 3.55. The van der Waals surface area contributed by atoms with E-state index < -0.39 is 0 Å². The van der Waals surface area contributed by atoms with Gasteiger partial charge in [-0.1, -0.05) is 15.9 Å². The number of nitrogens with zero attached hydrogens (tertiary/aromatic N) is 1. The van der Waals surface area contributed by atoms with Crippen LogP contribution in [0.1, 0.15) is 23.2 Å². The van der Waals surface area contributed by atoms with Gasteiger partial charge in [0.15, 0.2) is 0 Å². The fourth-order valence-electron chi connectivity index (χ4n) is 2.45. The zero-order valence-corrected chi connectivity index (χ0v) is 14.6. The molecule has 1 aliphatic rings. The number of piperidine rings is 1. The van der Waals surface area contributed by atoms with Crippen LogP contribution in [0.3, 0.4) is 0 Å². The van der Waals surface area contributed by atoms with Gasteiger partial charge in [0.2, 0.25) is 0 Å². The van der Waals surface area contributed by atoms with Crippen molar-refractivity contribution >= 4 is 44.4 Å². The Morgan fingerprint density at radius 1 is 1.58 bits per heavy atom. The van der Waals surface area contributed by atoms with Crippen molar-refractivity contribution in [1.29, 1.82) is 0 Å². The van der Waals surface area contributed by atoms with Crippen LogP contribution in [0, 0.1) is 9.49 Å². The quantitative estimate of drug-likeness (QED) is 0.676. The third kappa shape index (κ3) is 3.92. The highest BCUT2D eigenvalue weighted by Gasteiger charge is 2.25. The number of amides is 1. The van der Waals surface area contributed by atoms with Crippen LogP contribution in [0.5, 0.6) is 0 Å². The predicted molar refractivity (Wildman–Crippen MR) is 87.4 cm³/mol. The van der Waals surface area contributed by atoms with E-state index in [1.54, 1.807) is 7.11 Å². The number of halogens is 2. The first-order valence-electron chi connectivity index (χ1n) is 6.35. The first-order valence-corrected chi connectivity index (χ1v) is 8.22. The monoisotopic (exact) mass is 437 g/mol. The molecule has 0 bridgehead atoms. The summed E-state index contributed by atoms with van der Waals surface area (Å²) in [6, 6.07) is 5.83. The van der Waals surface area contributed by atoms with Crippen LogP contribution in [0.4, 0.5) is 0 Å². The van der Waals surface area contributed by atoms with Gasteiger partial charge < -0.3 is 9.64 Å². The van der Waals surface area contributed by atoms with Crippen molar-refractivity contribution in [1.82, 2.24) is 4.90 Å². The lowest BCUT2D eigenvalue weighted by atomic mass is 9.98. The van der Waals surface area contributed by atoms with Crippen molar-refractivity contribution < 1.29 is 9.53 Å². The molecule has 1 aromatic carbocycles. The maximum absolute atomic E-state index is 12.6. The molecule has 1 aliphatic heterocycles. The van der Waals surface area contributed by atoms with Gasteiger partial charge in [0, 0.05) is 28.2 Å². The molecule has 0 radical (unpaired) electrons. The fourth-order valence-corrected chi connectivity index (χ4v) is 3.38. The number of benzene rings is 1. The van der Waals surface area contributed by atoms with Crippen molar-refractivity contribution in [3.05, 3.63) is 31.8 Å². The highest BCUT2D eigenvalue weighted by Crippen LogP contribution is 2.23. The minimum atomic E-state index is 0.131. The zero-order chi connectivity index (χ0) is 13.8. The van der Waals surface area contributed by atoms with E-state index in [1.807, 2.05) is 23.1 Å². The van der Waals surface area contributed by atoms with E-state index in [2.05, 4.69) is 38.5 Å². The summed E-state index contributed by atoms with van der Waals surface area (Å²) in [6.07, 6.45) is 2.21. The normalized spacial score (nSPS) is 19.5. The zero-order valence-electron chi connectivity index (χ0n) is 10.9. The molecule has 0 N–H and O–H groups in total. The van der Waals surface area contributed by atoms with Gasteiger partial charge in [-0.3, -0.25) is 4.79 Å². The van der Waals surface area contributed by atoms with Gasteiger partial charge in [0.25, 0.3) is 5.91 Å². The molecule has 2 rings (SSSR count). The van der Waals surface area contributed by atoms with Crippen LogP contribution in [-0.2, 0) is 4.74 Å². The number of likely N-dealkylation sites (tertiary alicyclic amines) is 1. The molecule has 1 unspecified atom stereocenters. The SMILES string of the molecule is COCC1CCCN(C(=O)c2cc(Br)ccc2I)C1. The van der Waals surface area contributed by atoms with Gasteiger partial charge in [0.1, 0.15) is 0 Å². The number of carbonyl (C=O) groups excluding carboxylic acids is 1. The lowest BCUT2D eigenvalue weighted by molar-refractivity contribution is 0.0570. The second-order valence-electron chi connectivity index (χ2n) is 4.84. The summed E-state index contributed by atoms with van der Waals surface area (Å²) in [6.45, 7) is 2.39. The Morgan fingerprint density at radius 3 is 3.11 bits per heavy atom. The highest BCUT2D eigenvalue weighted by atomic mass is 127. The molecule has 5 heteroatoms. The highest BCUT2D eigenvalue weighted by molar-refractivity contribution is 14.1. The Hall–Kier alpha value is -0.140. The van der Waals surface area contributed by atoms with Crippen molar-refractivity contribution in [2.24, 2.45) is 5.92 Å². The molecule has 0 aliphatic carbocycles. The molecule has 0 saturated carbocycles. The molecule has 1 fully saturated rings. The van der Waals surface area contributed by atoms with Gasteiger partial charge >= 0.3 is 0 Å². The molecular formula is C14H17BrINO2. The van der Waals surface area contributed by atoms with Gasteiger partial charge in [0.05, 0.1) is 12.2 Å². The van der Waals surface area contributed by atoms with Crippen LogP contribution < -0.4 is 0 Å². The fraction of sp³-hybridized carbons (Fsp3) is 0.500. The summed E-state index contributed by atoms with van der Waals surface area (Å²) in [5.41, 5.74) is 0.785. The second kappa shape index (κ2) is 7.04. The summed E-state index contributed by atoms with van der Waals surface area (Å²) in [5.74, 6) is 0.596. The summed E-state index contributed by atoms with van der Waals surface area (Å²) in [4.78, 5) is 14.5. The van der Waals surface area contributed by atoms with Crippen molar-refractivity contribution in [3.63, 3.8) is 0 Å². The van der Waals surface area contributed by atoms with Crippen LogP contribution in [0.15, 0.2) is 22.7 Å². The Kier molecular flexibility index (Phi) is 5.65. The molecule has 1 amide bonds. The van der Waals surface area contributed by atoms with Crippen LogP contribution in [-0.4, -0.2) is 37.6 Å². The number of carbonyl (C=O) groups is 1. The Balaban J connectivity index is 2.12. The van der Waals surface area contributed by atoms with E-state index in [1.165, 1.54) is 0 Å². The van der Waals surface area contributed by atoms with Crippen molar-refractivity contribution in [2.45, 2.75) is 12.8 Å². The lowest BCUT2D eigenvalue weighted by Crippen LogP contribution is -2.41. The van der Waals surface area contributed by atoms with Crippen LogP contribution in [0.25, 0.3) is 0 Å². The smallest absolute Gasteiger partial charge is 0.254 e. The van der Waals surface area contributed by atoms with E-state index in [0.29, 0.717) is 5.92 Å². The maximum Gasteiger partial charge on any atom is 0.254 e. The van der Waals surface area contributed by atoms with Gasteiger partial charge in [-0.15, -0.1) is 0 Å². The summed E-state index contributed by atoms with van der Waals surface area (Å²) in [5, 5.41) is 0. The maximum atomic E-state index is 12.6. The molecule has 3 nitrogen and oxygen atoms in total. The van der Waals surface area contributed by atoms with E-state index in [0.717, 1.165) is 46.1 Å². The molecule has 0 spiro atoms. The standard InChI is InChI=1S/C14H17BrINO2/c1-19-9-10-3-2-6-17(8-10)14(18)12-7-11(15)4-5-13(12)16/h4-5,7,10H,2-3,6,8-9H2,1H3. The molecule has 1 aromatic rings. The molecule has 1 atom stereocenters. The van der Waals surface area contributed by atoms with Gasteiger partial charge in [-0.25, -0.2) is 0 Å². The minimum Gasteiger partial charge on any atom is -0.384 e. The molecule has 104 valence electrons. The van der Waals surface area contributed by atoms with E-state index in [-0.39, 0.29) is 5.91 Å². The second-order valence-corrected chi connectivity index (χ2v) is 6.92. The number of ether oxygens (including phenoxy) is 1. The van der Waals surface area contributed by atoms with Gasteiger partial charge in [-0.05, 0) is 59.5 Å². The van der Waals surface area contributed by atoms with Gasteiger partial charge in [-0.2, -0.15) is 0 Å². The Morgan fingerprint density at radius 2 is 2.37 bits per heavy atom. The van der Waals surface area contributed by atoms with Crippen molar-refractivity contribution in [2.75, 3.05) is 26.8 Å². The third-order valence-corrected chi connectivity index (χ3v) is 4.80. The average molecular weight is 438 g/mol. The lowest BCUT2D eigenvalue weighted by Gasteiger charge is -2.32. The van der Waals surface area contributed by atoms with E-state index >= 15 is 0 Å². The van der Waals surface area contributed by atoms with Crippen LogP contribution >= 0.6 is 38.5 Å². The summed E-state index contributed by atoms with van der Waals surface area (Å²) in [7, 11) is 1.72. The van der Waals surface area contributed by atoms with Crippen molar-refractivity contribution in [3.8, 4) is 0 Å². The van der Waals surface area contributed by atoms with E-state index in [9.17, 15) is 4.79 Å². The first kappa shape index (κ1) is 15.3. The molecule has 1 saturated heterocycles. The Bertz CT molecular complexity index is 465. The number of rotatable bonds is 3. The third-order valence-electron chi connectivity index (χ3n) is 3.37.